The number of anilines is 2. The molecule has 0 amide bonds. The highest BCUT2D eigenvalue weighted by atomic mass is 32.1. The molecule has 6 rings (SSSR count). The quantitative estimate of drug-likeness (QED) is 0.477. The highest BCUT2D eigenvalue weighted by molar-refractivity contribution is 7.20. The Bertz CT molecular complexity index is 1120. The molecule has 3 aliphatic rings. The number of nitrogens with zero attached hydrogens (tertiary/aromatic N) is 5. The number of fused-ring (bicyclic) bond motifs is 1. The number of benzene rings is 1. The Morgan fingerprint density at radius 3 is 2.43 bits per heavy atom. The lowest BCUT2D eigenvalue weighted by atomic mass is 9.94. The van der Waals surface area contributed by atoms with Crippen molar-refractivity contribution in [1.29, 1.82) is 0 Å². The lowest BCUT2D eigenvalue weighted by Crippen LogP contribution is -2.50. The van der Waals surface area contributed by atoms with Crippen LogP contribution in [0.5, 0.6) is 5.75 Å². The molecular formula is C27H38N6OS. The molecule has 2 aliphatic carbocycles. The van der Waals surface area contributed by atoms with Crippen LogP contribution in [-0.4, -0.2) is 64.9 Å². The zero-order valence-electron chi connectivity index (χ0n) is 20.9. The van der Waals surface area contributed by atoms with Gasteiger partial charge in [-0.05, 0) is 37.8 Å². The Morgan fingerprint density at radius 2 is 1.69 bits per heavy atom. The third kappa shape index (κ3) is 4.87. The zero-order chi connectivity index (χ0) is 23.6. The van der Waals surface area contributed by atoms with Gasteiger partial charge >= 0.3 is 0 Å². The van der Waals surface area contributed by atoms with Gasteiger partial charge in [-0.2, -0.15) is 4.52 Å². The van der Waals surface area contributed by atoms with E-state index in [1.54, 1.807) is 18.4 Å². The van der Waals surface area contributed by atoms with Crippen LogP contribution >= 0.6 is 11.3 Å². The fourth-order valence-corrected chi connectivity index (χ4v) is 7.09. The summed E-state index contributed by atoms with van der Waals surface area (Å²) in [6, 6.07) is 9.50. The zero-order valence-corrected chi connectivity index (χ0v) is 21.7. The van der Waals surface area contributed by atoms with Gasteiger partial charge in [-0.25, -0.2) is 4.98 Å². The van der Waals surface area contributed by atoms with Crippen LogP contribution in [0.1, 0.15) is 64.2 Å². The maximum Gasteiger partial charge on any atom is 0.216 e. The maximum absolute atomic E-state index is 5.49. The van der Waals surface area contributed by atoms with Gasteiger partial charge in [0.15, 0.2) is 5.82 Å². The first-order valence-corrected chi connectivity index (χ1v) is 14.4. The third-order valence-corrected chi connectivity index (χ3v) is 9.13. The van der Waals surface area contributed by atoms with Crippen LogP contribution in [0.25, 0.3) is 16.2 Å². The molecule has 1 saturated heterocycles. The Hall–Kier alpha value is -2.32. The number of rotatable bonds is 6. The van der Waals surface area contributed by atoms with E-state index in [0.29, 0.717) is 6.04 Å². The van der Waals surface area contributed by atoms with Crippen molar-refractivity contribution in [2.45, 2.75) is 76.3 Å². The molecule has 0 unspecified atom stereocenters. The number of hydrogen-bond donors (Lipinski definition) is 1. The fourth-order valence-electron chi connectivity index (χ4n) is 6.13. The highest BCUT2D eigenvalue weighted by Crippen LogP contribution is 2.36. The first-order valence-electron chi connectivity index (χ1n) is 13.6. The van der Waals surface area contributed by atoms with Gasteiger partial charge in [0, 0.05) is 43.8 Å². The number of ether oxygens (including phenoxy) is 1. The number of piperazine rings is 1. The van der Waals surface area contributed by atoms with Crippen LogP contribution < -0.4 is 15.0 Å². The molecule has 0 bridgehead atoms. The van der Waals surface area contributed by atoms with Crippen LogP contribution in [0.3, 0.4) is 0 Å². The Kier molecular flexibility index (Phi) is 6.83. The third-order valence-electron chi connectivity index (χ3n) is 8.16. The molecule has 8 heteroatoms. The Balaban J connectivity index is 1.26. The predicted octanol–water partition coefficient (Wildman–Crippen LogP) is 5.67. The minimum Gasteiger partial charge on any atom is -0.497 e. The van der Waals surface area contributed by atoms with E-state index < -0.39 is 0 Å². The molecule has 3 fully saturated rings. The van der Waals surface area contributed by atoms with Gasteiger partial charge in [0.1, 0.15) is 11.4 Å². The summed E-state index contributed by atoms with van der Waals surface area (Å²) < 4.78 is 7.56. The van der Waals surface area contributed by atoms with Crippen LogP contribution in [0.2, 0.25) is 0 Å². The minimum atomic E-state index is 0.484. The first-order chi connectivity index (χ1) is 17.3. The number of nitrogens with one attached hydrogen (secondary N) is 1. The SMILES string of the molecule is COc1cccc(-c2nc3sc(N4CCN(C5CCCCC5)CC4)nn3c2NC2CCCCC2)c1. The summed E-state index contributed by atoms with van der Waals surface area (Å²) in [7, 11) is 1.72. The van der Waals surface area contributed by atoms with Crippen LogP contribution in [0.15, 0.2) is 24.3 Å². The van der Waals surface area contributed by atoms with E-state index >= 15 is 0 Å². The van der Waals surface area contributed by atoms with Gasteiger partial charge in [-0.1, -0.05) is 62.0 Å². The number of aromatic nitrogens is 3. The van der Waals surface area contributed by atoms with Crippen molar-refractivity contribution in [2.24, 2.45) is 0 Å². The topological polar surface area (TPSA) is 57.9 Å². The van der Waals surface area contributed by atoms with Crippen molar-refractivity contribution >= 4 is 27.2 Å². The van der Waals surface area contributed by atoms with E-state index in [2.05, 4.69) is 31.8 Å². The smallest absolute Gasteiger partial charge is 0.216 e. The molecule has 1 aromatic carbocycles. The van der Waals surface area contributed by atoms with Crippen molar-refractivity contribution in [3.05, 3.63) is 24.3 Å². The van der Waals surface area contributed by atoms with E-state index in [-0.39, 0.29) is 0 Å². The van der Waals surface area contributed by atoms with Crippen LogP contribution in [0, 0.1) is 0 Å². The summed E-state index contributed by atoms with van der Waals surface area (Å²) in [4.78, 5) is 11.2. The van der Waals surface area contributed by atoms with Gasteiger partial charge in [-0.15, -0.1) is 5.10 Å². The van der Waals surface area contributed by atoms with E-state index in [1.165, 1.54) is 64.2 Å². The van der Waals surface area contributed by atoms with Gasteiger partial charge in [0.25, 0.3) is 0 Å². The highest BCUT2D eigenvalue weighted by Gasteiger charge is 2.28. The summed E-state index contributed by atoms with van der Waals surface area (Å²) in [6.07, 6.45) is 13.4. The molecule has 2 aromatic heterocycles. The number of methoxy groups -OCH3 is 1. The van der Waals surface area contributed by atoms with E-state index in [9.17, 15) is 0 Å². The van der Waals surface area contributed by atoms with E-state index in [4.69, 9.17) is 14.8 Å². The molecule has 1 aliphatic heterocycles. The largest absolute Gasteiger partial charge is 0.497 e. The molecule has 7 nitrogen and oxygen atoms in total. The van der Waals surface area contributed by atoms with Crippen molar-refractivity contribution in [2.75, 3.05) is 43.5 Å². The Morgan fingerprint density at radius 1 is 0.943 bits per heavy atom. The van der Waals surface area contributed by atoms with Gasteiger partial charge < -0.3 is 15.0 Å². The lowest BCUT2D eigenvalue weighted by molar-refractivity contribution is 0.148. The molecule has 3 aromatic rings. The summed E-state index contributed by atoms with van der Waals surface area (Å²) >= 11 is 1.72. The van der Waals surface area contributed by atoms with Crippen molar-refractivity contribution in [3.8, 4) is 17.0 Å². The van der Waals surface area contributed by atoms with Gasteiger partial charge in [0.05, 0.1) is 7.11 Å². The maximum atomic E-state index is 5.49. The normalized spacial score (nSPS) is 21.0. The fraction of sp³-hybridized carbons (Fsp3) is 0.630. The summed E-state index contributed by atoms with van der Waals surface area (Å²) in [5, 5.41) is 10.1. The molecule has 3 heterocycles. The van der Waals surface area contributed by atoms with Crippen LogP contribution in [-0.2, 0) is 0 Å². The van der Waals surface area contributed by atoms with Crippen molar-refractivity contribution < 1.29 is 4.74 Å². The van der Waals surface area contributed by atoms with E-state index in [0.717, 1.165) is 65.1 Å². The summed E-state index contributed by atoms with van der Waals surface area (Å²) in [5.41, 5.74) is 2.05. The second kappa shape index (κ2) is 10.3. The average molecular weight is 495 g/mol. The van der Waals surface area contributed by atoms with Gasteiger partial charge in [0.2, 0.25) is 10.1 Å². The van der Waals surface area contributed by atoms with Gasteiger partial charge in [-0.3, -0.25) is 4.90 Å². The molecule has 0 spiro atoms. The standard InChI is InChI=1S/C27H38N6OS/c1-34-23-14-8-9-20(19-23)24-25(28-21-10-4-2-5-11-21)33-26(29-24)35-27(30-33)32-17-15-31(16-18-32)22-12-6-3-7-13-22/h8-9,14,19,21-22,28H,2-7,10-13,15-18H2,1H3. The number of hydrogen-bond acceptors (Lipinski definition) is 7. The first kappa shape index (κ1) is 23.1. The summed E-state index contributed by atoms with van der Waals surface area (Å²) in [5.74, 6) is 1.88. The Labute approximate surface area is 212 Å². The number of imidazole rings is 1. The second-order valence-corrected chi connectivity index (χ2v) is 11.3. The summed E-state index contributed by atoms with van der Waals surface area (Å²) in [6.45, 7) is 4.41. The molecule has 0 radical (unpaired) electrons. The lowest BCUT2D eigenvalue weighted by Gasteiger charge is -2.40. The molecule has 1 N–H and O–H groups in total. The minimum absolute atomic E-state index is 0.484. The molecule has 2 saturated carbocycles. The average Bonchev–Trinajstić information content (AvgIpc) is 3.49. The van der Waals surface area contributed by atoms with Crippen molar-refractivity contribution in [3.63, 3.8) is 0 Å². The molecule has 35 heavy (non-hydrogen) atoms. The molecule has 0 atom stereocenters. The monoisotopic (exact) mass is 494 g/mol. The molecular weight excluding hydrogens is 456 g/mol. The van der Waals surface area contributed by atoms with E-state index in [1.807, 2.05) is 12.1 Å². The molecule has 188 valence electrons. The van der Waals surface area contributed by atoms with Crippen molar-refractivity contribution in [1.82, 2.24) is 19.5 Å². The predicted molar refractivity (Wildman–Crippen MR) is 144 cm³/mol. The van der Waals surface area contributed by atoms with Crippen LogP contribution in [0.4, 0.5) is 10.9 Å². The second-order valence-electron chi connectivity index (χ2n) is 10.4.